The second kappa shape index (κ2) is 8.71. The minimum atomic E-state index is -0.827. The van der Waals surface area contributed by atoms with Gasteiger partial charge in [0.25, 0.3) is 5.91 Å². The van der Waals surface area contributed by atoms with Gasteiger partial charge in [0, 0.05) is 6.54 Å². The molecule has 1 saturated heterocycles. The van der Waals surface area contributed by atoms with Gasteiger partial charge in [0.15, 0.2) is 11.5 Å². The zero-order valence-electron chi connectivity index (χ0n) is 17.2. The molecule has 0 unspecified atom stereocenters. The largest absolute Gasteiger partial charge is 0.493 e. The van der Waals surface area contributed by atoms with E-state index in [4.69, 9.17) is 9.47 Å². The normalized spacial score (nSPS) is 23.8. The summed E-state index contributed by atoms with van der Waals surface area (Å²) in [5.74, 6) is 1.10. The van der Waals surface area contributed by atoms with E-state index in [2.05, 4.69) is 17.6 Å². The molecule has 0 aromatic heterocycles. The van der Waals surface area contributed by atoms with Crippen molar-refractivity contribution in [3.05, 3.63) is 23.8 Å². The Balaban J connectivity index is 1.57. The number of nitrogens with zero attached hydrogens (tertiary/aromatic N) is 1. The topological polar surface area (TPSA) is 97.0 Å². The summed E-state index contributed by atoms with van der Waals surface area (Å²) in [5, 5.41) is 5.59. The average Bonchev–Trinajstić information content (AvgIpc) is 2.94. The van der Waals surface area contributed by atoms with Gasteiger partial charge in [-0.1, -0.05) is 13.0 Å². The zero-order valence-corrected chi connectivity index (χ0v) is 17.2. The number of carbonyl (C=O) groups is 3. The number of benzene rings is 1. The van der Waals surface area contributed by atoms with Gasteiger partial charge < -0.3 is 20.1 Å². The molecule has 1 saturated carbocycles. The highest BCUT2D eigenvalue weighted by Crippen LogP contribution is 2.36. The Morgan fingerprint density at radius 2 is 2.00 bits per heavy atom. The van der Waals surface area contributed by atoms with Crippen molar-refractivity contribution in [1.82, 2.24) is 15.5 Å². The Morgan fingerprint density at radius 1 is 1.28 bits per heavy atom. The molecule has 1 aromatic carbocycles. The van der Waals surface area contributed by atoms with E-state index in [1.54, 1.807) is 19.2 Å². The molecule has 1 aliphatic heterocycles. The summed E-state index contributed by atoms with van der Waals surface area (Å²) in [6.07, 6.45) is 3.04. The third-order valence-corrected chi connectivity index (χ3v) is 5.69. The molecule has 0 atom stereocenters. The van der Waals surface area contributed by atoms with Crippen molar-refractivity contribution >= 4 is 17.8 Å². The van der Waals surface area contributed by atoms with Crippen LogP contribution in [0.15, 0.2) is 18.2 Å². The van der Waals surface area contributed by atoms with Crippen molar-refractivity contribution in [2.45, 2.75) is 51.6 Å². The maximum absolute atomic E-state index is 12.8. The van der Waals surface area contributed by atoms with E-state index in [1.807, 2.05) is 13.0 Å². The number of urea groups is 1. The van der Waals surface area contributed by atoms with Crippen LogP contribution in [0.4, 0.5) is 4.79 Å². The smallest absolute Gasteiger partial charge is 0.325 e. The molecule has 0 bridgehead atoms. The van der Waals surface area contributed by atoms with E-state index in [-0.39, 0.29) is 24.9 Å². The summed E-state index contributed by atoms with van der Waals surface area (Å²) in [5.41, 5.74) is 0.000364. The zero-order chi connectivity index (χ0) is 21.0. The van der Waals surface area contributed by atoms with Crippen molar-refractivity contribution in [1.29, 1.82) is 0 Å². The molecule has 158 valence electrons. The van der Waals surface area contributed by atoms with Crippen LogP contribution in [0, 0.1) is 5.92 Å². The molecular formula is C21H29N3O5. The monoisotopic (exact) mass is 403 g/mol. The number of amides is 4. The lowest BCUT2D eigenvalue weighted by molar-refractivity contribution is -0.136. The van der Waals surface area contributed by atoms with Crippen LogP contribution in [-0.2, 0) is 16.1 Å². The minimum Gasteiger partial charge on any atom is -0.493 e. The van der Waals surface area contributed by atoms with Crippen LogP contribution in [0.25, 0.3) is 0 Å². The van der Waals surface area contributed by atoms with E-state index in [0.29, 0.717) is 36.9 Å². The highest BCUT2D eigenvalue weighted by Gasteiger charge is 2.52. The van der Waals surface area contributed by atoms with Crippen molar-refractivity contribution < 1.29 is 23.9 Å². The fourth-order valence-corrected chi connectivity index (χ4v) is 3.91. The van der Waals surface area contributed by atoms with Crippen molar-refractivity contribution in [3.63, 3.8) is 0 Å². The second-order valence-corrected chi connectivity index (χ2v) is 7.78. The average molecular weight is 403 g/mol. The lowest BCUT2D eigenvalue weighted by atomic mass is 9.77. The quantitative estimate of drug-likeness (QED) is 0.681. The number of nitrogens with one attached hydrogen (secondary N) is 2. The fourth-order valence-electron chi connectivity index (χ4n) is 3.91. The fraction of sp³-hybridized carbons (Fsp3) is 0.571. The van der Waals surface area contributed by atoms with Crippen LogP contribution in [-0.4, -0.2) is 48.5 Å². The predicted molar refractivity (Wildman–Crippen MR) is 107 cm³/mol. The molecule has 1 spiro atoms. The lowest BCUT2D eigenvalue weighted by Gasteiger charge is -2.33. The van der Waals surface area contributed by atoms with Gasteiger partial charge in [-0.2, -0.15) is 0 Å². The van der Waals surface area contributed by atoms with Gasteiger partial charge >= 0.3 is 6.03 Å². The molecule has 3 rings (SSSR count). The summed E-state index contributed by atoms with van der Waals surface area (Å²) in [7, 11) is 1.56. The standard InChI is InChI=1S/C21H29N3O5/c1-4-29-16-6-5-15(11-17(16)28-3)12-22-18(25)13-24-19(26)21(23-20(24)27)9-7-14(2)8-10-21/h5-6,11,14H,4,7-10,12-13H2,1-3H3,(H,22,25)(H,23,27). The van der Waals surface area contributed by atoms with Gasteiger partial charge in [-0.25, -0.2) is 4.79 Å². The molecule has 8 heteroatoms. The highest BCUT2D eigenvalue weighted by atomic mass is 16.5. The molecule has 29 heavy (non-hydrogen) atoms. The van der Waals surface area contributed by atoms with Crippen molar-refractivity contribution in [3.8, 4) is 11.5 Å². The second-order valence-electron chi connectivity index (χ2n) is 7.78. The number of carbonyl (C=O) groups excluding carboxylic acids is 3. The van der Waals surface area contributed by atoms with Crippen LogP contribution in [0.5, 0.6) is 11.5 Å². The maximum atomic E-state index is 12.8. The summed E-state index contributed by atoms with van der Waals surface area (Å²) in [6, 6.07) is 4.92. The van der Waals surface area contributed by atoms with E-state index < -0.39 is 11.6 Å². The summed E-state index contributed by atoms with van der Waals surface area (Å²) in [4.78, 5) is 38.5. The summed E-state index contributed by atoms with van der Waals surface area (Å²) in [6.45, 7) is 4.54. The SMILES string of the molecule is CCOc1ccc(CNC(=O)CN2C(=O)NC3(CCC(C)CC3)C2=O)cc1OC. The number of rotatable bonds is 7. The van der Waals surface area contributed by atoms with Crippen LogP contribution < -0.4 is 20.1 Å². The van der Waals surface area contributed by atoms with E-state index in [9.17, 15) is 14.4 Å². The number of ether oxygens (including phenoxy) is 2. The molecule has 0 radical (unpaired) electrons. The minimum absolute atomic E-state index is 0.258. The molecule has 1 aromatic rings. The van der Waals surface area contributed by atoms with E-state index in [1.165, 1.54) is 0 Å². The van der Waals surface area contributed by atoms with Gasteiger partial charge in [-0.3, -0.25) is 14.5 Å². The lowest BCUT2D eigenvalue weighted by Crippen LogP contribution is -2.49. The first kappa shape index (κ1) is 21.0. The molecule has 8 nitrogen and oxygen atoms in total. The Morgan fingerprint density at radius 3 is 2.66 bits per heavy atom. The summed E-state index contributed by atoms with van der Waals surface area (Å²) < 4.78 is 10.8. The molecule has 2 fully saturated rings. The van der Waals surface area contributed by atoms with Crippen LogP contribution in [0.3, 0.4) is 0 Å². The summed E-state index contributed by atoms with van der Waals surface area (Å²) >= 11 is 0. The van der Waals surface area contributed by atoms with Gasteiger partial charge in [-0.15, -0.1) is 0 Å². The first-order chi connectivity index (χ1) is 13.9. The van der Waals surface area contributed by atoms with E-state index in [0.717, 1.165) is 23.3 Å². The highest BCUT2D eigenvalue weighted by molar-refractivity contribution is 6.09. The Bertz CT molecular complexity index is 787. The van der Waals surface area contributed by atoms with Crippen LogP contribution >= 0.6 is 0 Å². The third kappa shape index (κ3) is 4.46. The molecule has 1 heterocycles. The molecule has 2 aliphatic rings. The number of hydrogen-bond donors (Lipinski definition) is 2. The van der Waals surface area contributed by atoms with Crippen LogP contribution in [0.1, 0.15) is 45.1 Å². The Labute approximate surface area is 170 Å². The molecule has 2 N–H and O–H groups in total. The first-order valence-corrected chi connectivity index (χ1v) is 10.1. The van der Waals surface area contributed by atoms with E-state index >= 15 is 0 Å². The number of imide groups is 1. The van der Waals surface area contributed by atoms with Gasteiger partial charge in [0.1, 0.15) is 12.1 Å². The number of methoxy groups -OCH3 is 1. The predicted octanol–water partition coefficient (Wildman–Crippen LogP) is 2.21. The van der Waals surface area contributed by atoms with Crippen molar-refractivity contribution in [2.75, 3.05) is 20.3 Å². The third-order valence-electron chi connectivity index (χ3n) is 5.69. The molecular weight excluding hydrogens is 374 g/mol. The van der Waals surface area contributed by atoms with Gasteiger partial charge in [-0.05, 0) is 56.2 Å². The van der Waals surface area contributed by atoms with Gasteiger partial charge in [0.2, 0.25) is 5.91 Å². The first-order valence-electron chi connectivity index (χ1n) is 10.1. The Kier molecular flexibility index (Phi) is 6.30. The number of hydrogen-bond acceptors (Lipinski definition) is 5. The maximum Gasteiger partial charge on any atom is 0.325 e. The van der Waals surface area contributed by atoms with Crippen LogP contribution in [0.2, 0.25) is 0 Å². The molecule has 1 aliphatic carbocycles. The molecule has 4 amide bonds. The van der Waals surface area contributed by atoms with Crippen molar-refractivity contribution in [2.24, 2.45) is 5.92 Å². The van der Waals surface area contributed by atoms with Gasteiger partial charge in [0.05, 0.1) is 13.7 Å². The Hall–Kier alpha value is -2.77.